The van der Waals surface area contributed by atoms with E-state index in [0.29, 0.717) is 4.88 Å². The van der Waals surface area contributed by atoms with Crippen molar-refractivity contribution in [3.63, 3.8) is 0 Å². The van der Waals surface area contributed by atoms with E-state index in [2.05, 4.69) is 5.32 Å². The first-order chi connectivity index (χ1) is 12.4. The number of nitrogens with one attached hydrogen (secondary N) is 1. The molecule has 1 heterocycles. The van der Waals surface area contributed by atoms with E-state index in [-0.39, 0.29) is 36.6 Å². The number of carbonyl (C=O) groups excluding carboxylic acids is 2. The van der Waals surface area contributed by atoms with Gasteiger partial charge in [0.1, 0.15) is 12.6 Å². The number of benzene rings is 1. The second-order valence-corrected chi connectivity index (χ2v) is 7.16. The van der Waals surface area contributed by atoms with Gasteiger partial charge in [0, 0.05) is 7.05 Å². The number of hydrogen-bond donors (Lipinski definition) is 1. The summed E-state index contributed by atoms with van der Waals surface area (Å²) in [7, 11) is 1.64. The summed E-state index contributed by atoms with van der Waals surface area (Å²) in [4.78, 5) is 27.0. The highest BCUT2D eigenvalue weighted by atomic mass is 32.1. The number of carbonyl (C=O) groups is 2. The molecule has 1 N–H and O–H groups in total. The number of likely N-dealkylation sites (N-methyl/N-ethyl adjacent to an activating group) is 1. The molecule has 2 aromatic rings. The van der Waals surface area contributed by atoms with Gasteiger partial charge in [-0.1, -0.05) is 32.0 Å². The smallest absolute Gasteiger partial charge is 0.262 e. The second-order valence-electron chi connectivity index (χ2n) is 6.21. The van der Waals surface area contributed by atoms with Crippen molar-refractivity contribution in [2.75, 3.05) is 20.2 Å². The average Bonchev–Trinajstić information content (AvgIpc) is 3.15. The average molecular weight is 378 g/mol. The summed E-state index contributed by atoms with van der Waals surface area (Å²) in [6.07, 6.45) is 0. The van der Waals surface area contributed by atoms with Gasteiger partial charge in [0.2, 0.25) is 5.91 Å². The molecular weight excluding hydrogens is 355 g/mol. The van der Waals surface area contributed by atoms with Gasteiger partial charge in [0.25, 0.3) is 5.91 Å². The molecule has 0 saturated heterocycles. The van der Waals surface area contributed by atoms with E-state index >= 15 is 0 Å². The van der Waals surface area contributed by atoms with Crippen molar-refractivity contribution in [1.82, 2.24) is 10.2 Å². The van der Waals surface area contributed by atoms with Gasteiger partial charge in [0.15, 0.2) is 11.6 Å². The topological polar surface area (TPSA) is 58.6 Å². The van der Waals surface area contributed by atoms with Crippen molar-refractivity contribution in [3.8, 4) is 5.75 Å². The van der Waals surface area contributed by atoms with Gasteiger partial charge in [-0.05, 0) is 29.5 Å². The largest absolute Gasteiger partial charge is 0.489 e. The first-order valence-electron chi connectivity index (χ1n) is 8.36. The van der Waals surface area contributed by atoms with Gasteiger partial charge in [-0.25, -0.2) is 4.39 Å². The highest BCUT2D eigenvalue weighted by Gasteiger charge is 2.27. The molecule has 1 unspecified atom stereocenters. The molecule has 0 bridgehead atoms. The Balaban J connectivity index is 1.90. The minimum absolute atomic E-state index is 0.0682. The lowest BCUT2D eigenvalue weighted by Crippen LogP contribution is -2.50. The summed E-state index contributed by atoms with van der Waals surface area (Å²) < 4.78 is 18.9. The summed E-state index contributed by atoms with van der Waals surface area (Å²) in [5.74, 6) is -0.823. The first kappa shape index (κ1) is 19.9. The zero-order chi connectivity index (χ0) is 19.1. The van der Waals surface area contributed by atoms with Crippen LogP contribution in [-0.4, -0.2) is 43.0 Å². The Bertz CT molecular complexity index is 734. The van der Waals surface area contributed by atoms with Crippen molar-refractivity contribution in [1.29, 1.82) is 0 Å². The van der Waals surface area contributed by atoms with Gasteiger partial charge in [0.05, 0.1) is 11.4 Å². The highest BCUT2D eigenvalue weighted by molar-refractivity contribution is 7.12. The quantitative estimate of drug-likeness (QED) is 0.768. The predicted octanol–water partition coefficient (Wildman–Crippen LogP) is 3.18. The molecule has 0 spiro atoms. The normalized spacial score (nSPS) is 11.9. The third-order valence-electron chi connectivity index (χ3n) is 3.86. The van der Waals surface area contributed by atoms with Crippen molar-refractivity contribution in [3.05, 3.63) is 52.5 Å². The van der Waals surface area contributed by atoms with Crippen molar-refractivity contribution in [2.45, 2.75) is 19.9 Å². The third-order valence-corrected chi connectivity index (χ3v) is 4.73. The molecule has 5 nitrogen and oxygen atoms in total. The van der Waals surface area contributed by atoms with Crippen molar-refractivity contribution in [2.24, 2.45) is 5.92 Å². The first-order valence-corrected chi connectivity index (χ1v) is 9.24. The van der Waals surface area contributed by atoms with E-state index in [0.717, 1.165) is 0 Å². The number of rotatable bonds is 8. The Morgan fingerprint density at radius 2 is 1.96 bits per heavy atom. The molecule has 2 amide bonds. The van der Waals surface area contributed by atoms with Crippen LogP contribution in [0.2, 0.25) is 0 Å². The van der Waals surface area contributed by atoms with E-state index < -0.39 is 11.9 Å². The van der Waals surface area contributed by atoms with Gasteiger partial charge in [-0.3, -0.25) is 9.59 Å². The fraction of sp³-hybridized carbons (Fsp3) is 0.368. The maximum absolute atomic E-state index is 13.5. The standard InChI is InChI=1S/C19H23FN2O3S/c1-13(2)17(21-18(23)16-9-6-12-26-16)19(24)22(3)10-11-25-15-8-5-4-7-14(15)20/h4-9,12-13,17H,10-11H2,1-3H3,(H,21,23). The van der Waals surface area contributed by atoms with Crippen LogP contribution in [0.1, 0.15) is 23.5 Å². The van der Waals surface area contributed by atoms with Crippen molar-refractivity contribution < 1.29 is 18.7 Å². The molecule has 2 rings (SSSR count). The Hall–Kier alpha value is -2.41. The molecule has 7 heteroatoms. The Morgan fingerprint density at radius 3 is 2.58 bits per heavy atom. The fourth-order valence-electron chi connectivity index (χ4n) is 2.34. The van der Waals surface area contributed by atoms with E-state index in [1.165, 1.54) is 28.4 Å². The molecule has 0 aliphatic rings. The van der Waals surface area contributed by atoms with Crippen LogP contribution in [0.25, 0.3) is 0 Å². The molecule has 1 atom stereocenters. The number of hydrogen-bond acceptors (Lipinski definition) is 4. The minimum atomic E-state index is -0.636. The van der Waals surface area contributed by atoms with Crippen molar-refractivity contribution >= 4 is 23.2 Å². The predicted molar refractivity (Wildman–Crippen MR) is 99.9 cm³/mol. The maximum Gasteiger partial charge on any atom is 0.262 e. The van der Waals surface area contributed by atoms with Gasteiger partial charge < -0.3 is 15.0 Å². The van der Waals surface area contributed by atoms with Crippen LogP contribution in [0.5, 0.6) is 5.75 Å². The van der Waals surface area contributed by atoms with Crippen LogP contribution in [-0.2, 0) is 4.79 Å². The number of para-hydroxylation sites is 1. The lowest BCUT2D eigenvalue weighted by Gasteiger charge is -2.27. The lowest BCUT2D eigenvalue weighted by atomic mass is 10.0. The number of thiophene rings is 1. The molecule has 0 saturated carbocycles. The van der Waals surface area contributed by atoms with E-state index in [4.69, 9.17) is 4.74 Å². The van der Waals surface area contributed by atoms with Crippen LogP contribution in [0, 0.1) is 11.7 Å². The SMILES string of the molecule is CC(C)C(NC(=O)c1cccs1)C(=O)N(C)CCOc1ccccc1F. The van der Waals surface area contributed by atoms with Crippen LogP contribution < -0.4 is 10.1 Å². The number of ether oxygens (including phenoxy) is 1. The zero-order valence-electron chi connectivity index (χ0n) is 15.1. The second kappa shape index (κ2) is 9.33. The van der Waals surface area contributed by atoms with Crippen LogP contribution in [0.3, 0.4) is 0 Å². The Morgan fingerprint density at radius 1 is 1.23 bits per heavy atom. The summed E-state index contributed by atoms with van der Waals surface area (Å²) >= 11 is 1.33. The number of nitrogens with zero attached hydrogens (tertiary/aromatic N) is 1. The molecule has 0 aliphatic heterocycles. The molecule has 0 aliphatic carbocycles. The van der Waals surface area contributed by atoms with E-state index in [9.17, 15) is 14.0 Å². The van der Waals surface area contributed by atoms with Crippen LogP contribution in [0.15, 0.2) is 41.8 Å². The summed E-state index contributed by atoms with van der Waals surface area (Å²) in [5.41, 5.74) is 0. The number of halogens is 1. The minimum Gasteiger partial charge on any atom is -0.489 e. The Kier molecular flexibility index (Phi) is 7.15. The molecule has 140 valence electrons. The molecule has 1 aromatic heterocycles. The summed E-state index contributed by atoms with van der Waals surface area (Å²) in [6, 6.07) is 8.99. The number of amides is 2. The monoisotopic (exact) mass is 378 g/mol. The fourth-order valence-corrected chi connectivity index (χ4v) is 2.96. The molecule has 0 radical (unpaired) electrons. The van der Waals surface area contributed by atoms with E-state index in [1.54, 1.807) is 31.3 Å². The van der Waals surface area contributed by atoms with Crippen LogP contribution >= 0.6 is 11.3 Å². The molecular formula is C19H23FN2O3S. The highest BCUT2D eigenvalue weighted by Crippen LogP contribution is 2.15. The third kappa shape index (κ3) is 5.29. The summed E-state index contributed by atoms with van der Waals surface area (Å²) in [5, 5.41) is 4.61. The zero-order valence-corrected chi connectivity index (χ0v) is 15.9. The lowest BCUT2D eigenvalue weighted by molar-refractivity contribution is -0.133. The molecule has 26 heavy (non-hydrogen) atoms. The van der Waals surface area contributed by atoms with Crippen LogP contribution in [0.4, 0.5) is 4.39 Å². The molecule has 1 aromatic carbocycles. The van der Waals surface area contributed by atoms with Gasteiger partial charge in [-0.15, -0.1) is 11.3 Å². The maximum atomic E-state index is 13.5. The Labute approximate surface area is 156 Å². The molecule has 0 fully saturated rings. The van der Waals surface area contributed by atoms with Gasteiger partial charge >= 0.3 is 0 Å². The van der Waals surface area contributed by atoms with E-state index in [1.807, 2.05) is 19.2 Å². The van der Waals surface area contributed by atoms with Gasteiger partial charge in [-0.2, -0.15) is 0 Å². The summed E-state index contributed by atoms with van der Waals surface area (Å²) in [6.45, 7) is 4.19.